The Hall–Kier alpha value is -2.95. The number of hydrogen-bond acceptors (Lipinski definition) is 6. The van der Waals surface area contributed by atoms with Gasteiger partial charge in [0.1, 0.15) is 21.7 Å². The topological polar surface area (TPSA) is 90.2 Å². The van der Waals surface area contributed by atoms with Crippen LogP contribution in [0.1, 0.15) is 18.4 Å². The Morgan fingerprint density at radius 3 is 2.51 bits per heavy atom. The van der Waals surface area contributed by atoms with E-state index in [2.05, 4.69) is 11.6 Å². The Labute approximate surface area is 209 Å². The number of carbonyl (C=O) groups excluding carboxylic acids is 1. The summed E-state index contributed by atoms with van der Waals surface area (Å²) in [6, 6.07) is 10.4. The minimum absolute atomic E-state index is 0.109. The number of carbonyl (C=O) groups is 1. The molecule has 3 aromatic rings. The van der Waals surface area contributed by atoms with Gasteiger partial charge in [-0.2, -0.15) is 9.30 Å². The number of allylic oxidation sites excluding steroid dienone is 1. The van der Waals surface area contributed by atoms with Gasteiger partial charge in [-0.1, -0.05) is 35.1 Å². The zero-order valence-electron chi connectivity index (χ0n) is 20.1. The highest BCUT2D eigenvalue weighted by Gasteiger charge is 2.33. The third-order valence-corrected chi connectivity index (χ3v) is 9.07. The molecule has 186 valence electrons. The summed E-state index contributed by atoms with van der Waals surface area (Å²) in [6.45, 7) is 6.66. The molecule has 1 unspecified atom stereocenters. The Morgan fingerprint density at radius 2 is 1.86 bits per heavy atom. The van der Waals surface area contributed by atoms with E-state index in [0.717, 1.165) is 15.8 Å². The number of sulfonamides is 1. The molecule has 0 aliphatic carbocycles. The number of aryl methyl sites for hydroxylation is 1. The molecule has 0 radical (unpaired) electrons. The Bertz CT molecular complexity index is 1420. The first-order chi connectivity index (χ1) is 16.8. The number of amides is 1. The molecule has 1 fully saturated rings. The molecule has 35 heavy (non-hydrogen) atoms. The molecule has 1 aromatic heterocycles. The van der Waals surface area contributed by atoms with Gasteiger partial charge in [0.25, 0.3) is 5.91 Å². The molecule has 2 aromatic carbocycles. The number of aromatic nitrogens is 1. The Morgan fingerprint density at radius 1 is 1.17 bits per heavy atom. The maximum atomic E-state index is 13.3. The van der Waals surface area contributed by atoms with E-state index in [9.17, 15) is 13.2 Å². The second-order valence-electron chi connectivity index (χ2n) is 8.40. The van der Waals surface area contributed by atoms with Gasteiger partial charge in [-0.3, -0.25) is 4.79 Å². The van der Waals surface area contributed by atoms with Gasteiger partial charge in [-0.05, 0) is 44.0 Å². The van der Waals surface area contributed by atoms with Crippen molar-refractivity contribution in [2.45, 2.75) is 31.2 Å². The molecular weight excluding hydrogens is 486 g/mol. The van der Waals surface area contributed by atoms with Crippen molar-refractivity contribution in [2.24, 2.45) is 10.9 Å². The van der Waals surface area contributed by atoms with Crippen LogP contribution in [0.25, 0.3) is 10.2 Å². The van der Waals surface area contributed by atoms with E-state index in [-0.39, 0.29) is 17.3 Å². The Kier molecular flexibility index (Phi) is 7.44. The lowest BCUT2D eigenvalue weighted by Crippen LogP contribution is -2.42. The van der Waals surface area contributed by atoms with Crippen LogP contribution in [0.2, 0.25) is 0 Å². The minimum Gasteiger partial charge on any atom is -0.495 e. The van der Waals surface area contributed by atoms with Crippen LogP contribution in [0.3, 0.4) is 0 Å². The number of piperidine rings is 1. The second-order valence-corrected chi connectivity index (χ2v) is 11.3. The average Bonchev–Trinajstić information content (AvgIpc) is 3.22. The number of nitrogens with zero attached hydrogens (tertiary/aromatic N) is 3. The van der Waals surface area contributed by atoms with E-state index >= 15 is 0 Å². The van der Waals surface area contributed by atoms with Crippen molar-refractivity contribution in [1.29, 1.82) is 0 Å². The first-order valence-corrected chi connectivity index (χ1v) is 13.6. The predicted octanol–water partition coefficient (Wildman–Crippen LogP) is 3.74. The van der Waals surface area contributed by atoms with E-state index in [0.29, 0.717) is 42.2 Å². The summed E-state index contributed by atoms with van der Waals surface area (Å²) in [7, 11) is -0.506. The standard InChI is InChI=1S/C25H29N3O5S2/c1-5-14-28-22-20(32-3)12-13-21(33-4)23(22)34-25(28)26-24(29)18-7-6-15-27(16-18)35(30,31)19-10-8-17(2)9-11-19/h5,8-13,18H,1,6-7,14-16H2,2-4H3. The second kappa shape index (κ2) is 10.3. The summed E-state index contributed by atoms with van der Waals surface area (Å²) < 4.78 is 41.5. The zero-order chi connectivity index (χ0) is 25.2. The maximum absolute atomic E-state index is 13.3. The fraction of sp³-hybridized carbons (Fsp3) is 0.360. The molecule has 0 N–H and O–H groups in total. The van der Waals surface area contributed by atoms with Crippen molar-refractivity contribution in [1.82, 2.24) is 8.87 Å². The van der Waals surface area contributed by atoms with Crippen LogP contribution in [0.4, 0.5) is 0 Å². The molecule has 2 heterocycles. The third-order valence-electron chi connectivity index (χ3n) is 6.10. The summed E-state index contributed by atoms with van der Waals surface area (Å²) in [6.07, 6.45) is 2.91. The van der Waals surface area contributed by atoms with Gasteiger partial charge in [0.05, 0.1) is 25.0 Å². The highest BCUT2D eigenvalue weighted by atomic mass is 32.2. The summed E-state index contributed by atoms with van der Waals surface area (Å²) >= 11 is 1.33. The van der Waals surface area contributed by atoms with Crippen LogP contribution in [-0.2, 0) is 21.4 Å². The maximum Gasteiger partial charge on any atom is 0.252 e. The van der Waals surface area contributed by atoms with Gasteiger partial charge in [-0.15, -0.1) is 6.58 Å². The molecule has 1 atom stereocenters. The van der Waals surface area contributed by atoms with Crippen molar-refractivity contribution >= 4 is 37.5 Å². The van der Waals surface area contributed by atoms with Crippen LogP contribution in [-0.4, -0.2) is 50.5 Å². The lowest BCUT2D eigenvalue weighted by molar-refractivity contribution is -0.122. The molecule has 1 aliphatic heterocycles. The van der Waals surface area contributed by atoms with Crippen molar-refractivity contribution < 1.29 is 22.7 Å². The first-order valence-electron chi connectivity index (χ1n) is 11.3. The lowest BCUT2D eigenvalue weighted by Gasteiger charge is -2.30. The normalized spacial score (nSPS) is 17.5. The molecule has 0 spiro atoms. The van der Waals surface area contributed by atoms with Crippen molar-refractivity contribution in [3.05, 3.63) is 59.4 Å². The van der Waals surface area contributed by atoms with Crippen molar-refractivity contribution in [3.8, 4) is 11.5 Å². The van der Waals surface area contributed by atoms with Crippen LogP contribution >= 0.6 is 11.3 Å². The van der Waals surface area contributed by atoms with Gasteiger partial charge >= 0.3 is 0 Å². The molecule has 1 aliphatic rings. The van der Waals surface area contributed by atoms with Crippen molar-refractivity contribution in [2.75, 3.05) is 27.3 Å². The van der Waals surface area contributed by atoms with Crippen molar-refractivity contribution in [3.63, 3.8) is 0 Å². The smallest absolute Gasteiger partial charge is 0.252 e. The van der Waals surface area contributed by atoms with E-state index in [1.165, 1.54) is 15.6 Å². The summed E-state index contributed by atoms with van der Waals surface area (Å²) in [5.74, 6) is 0.442. The molecule has 10 heteroatoms. The Balaban J connectivity index is 1.69. The number of thiazole rings is 1. The largest absolute Gasteiger partial charge is 0.495 e. The van der Waals surface area contributed by atoms with Crippen LogP contribution in [0.5, 0.6) is 11.5 Å². The first kappa shape index (κ1) is 25.2. The molecule has 1 amide bonds. The van der Waals surface area contributed by atoms with E-state index < -0.39 is 15.9 Å². The fourth-order valence-corrected chi connectivity index (χ4v) is 6.92. The number of benzene rings is 2. The molecule has 4 rings (SSSR count). The predicted molar refractivity (Wildman–Crippen MR) is 136 cm³/mol. The molecule has 0 bridgehead atoms. The summed E-state index contributed by atoms with van der Waals surface area (Å²) in [5, 5.41) is 0. The minimum atomic E-state index is -3.68. The summed E-state index contributed by atoms with van der Waals surface area (Å²) in [4.78, 5) is 18.5. The molecule has 1 saturated heterocycles. The van der Waals surface area contributed by atoms with Gasteiger partial charge in [-0.25, -0.2) is 8.42 Å². The van der Waals surface area contributed by atoms with Crippen LogP contribution < -0.4 is 14.3 Å². The zero-order valence-corrected chi connectivity index (χ0v) is 21.7. The molecule has 8 nitrogen and oxygen atoms in total. The summed E-state index contributed by atoms with van der Waals surface area (Å²) in [5.41, 5.74) is 1.76. The van der Waals surface area contributed by atoms with Gasteiger partial charge in [0.2, 0.25) is 10.0 Å². The number of ether oxygens (including phenoxy) is 2. The number of rotatable bonds is 7. The third kappa shape index (κ3) is 4.91. The van der Waals surface area contributed by atoms with Gasteiger partial charge < -0.3 is 14.0 Å². The van der Waals surface area contributed by atoms with Gasteiger partial charge in [0.15, 0.2) is 4.80 Å². The fourth-order valence-electron chi connectivity index (χ4n) is 4.25. The number of methoxy groups -OCH3 is 2. The highest BCUT2D eigenvalue weighted by Crippen LogP contribution is 2.35. The van der Waals surface area contributed by atoms with Gasteiger partial charge in [0, 0.05) is 19.6 Å². The van der Waals surface area contributed by atoms with Crippen LogP contribution in [0.15, 0.2) is 58.9 Å². The average molecular weight is 516 g/mol. The molecule has 0 saturated carbocycles. The SMILES string of the molecule is C=CCn1c(=NC(=O)C2CCCN(S(=O)(=O)c3ccc(C)cc3)C2)sc2c(OC)ccc(OC)c21. The lowest BCUT2D eigenvalue weighted by atomic mass is 9.99. The van der Waals surface area contributed by atoms with E-state index in [4.69, 9.17) is 9.47 Å². The number of hydrogen-bond donors (Lipinski definition) is 0. The quantitative estimate of drug-likeness (QED) is 0.447. The number of fused-ring (bicyclic) bond motifs is 1. The van der Waals surface area contributed by atoms with Crippen LogP contribution in [0, 0.1) is 12.8 Å². The van der Waals surface area contributed by atoms with E-state index in [1.54, 1.807) is 44.6 Å². The highest BCUT2D eigenvalue weighted by molar-refractivity contribution is 7.89. The monoisotopic (exact) mass is 515 g/mol. The molecular formula is C25H29N3O5S2. The van der Waals surface area contributed by atoms with E-state index in [1.807, 2.05) is 23.6 Å².